The first kappa shape index (κ1) is 25.1. The van der Waals surface area contributed by atoms with Crippen LogP contribution >= 0.6 is 0 Å². The maximum Gasteiger partial charge on any atom is 0.513 e. The monoisotopic (exact) mass is 447 g/mol. The van der Waals surface area contributed by atoms with Crippen LogP contribution in [0.2, 0.25) is 0 Å². The Balaban J connectivity index is 2.49. The molecule has 1 N–H and O–H groups in total. The first-order valence-electron chi connectivity index (χ1n) is 10.6. The van der Waals surface area contributed by atoms with E-state index in [9.17, 15) is 9.59 Å². The van der Waals surface area contributed by atoms with Crippen LogP contribution in [0.15, 0.2) is 47.2 Å². The van der Waals surface area contributed by atoms with E-state index < -0.39 is 18.2 Å². The van der Waals surface area contributed by atoms with Gasteiger partial charge in [0.25, 0.3) is 0 Å². The Morgan fingerprint density at radius 2 is 1.38 bits per heavy atom. The fraction of sp³-hybridized carbons (Fsp3) is 0.500. The summed E-state index contributed by atoms with van der Waals surface area (Å²) in [6, 6.07) is 7.55. The summed E-state index contributed by atoms with van der Waals surface area (Å²) in [7, 11) is 1.59. The summed E-state index contributed by atoms with van der Waals surface area (Å²) in [4.78, 5) is 24.7. The lowest BCUT2D eigenvalue weighted by molar-refractivity contribution is 0.0330. The molecule has 1 aliphatic heterocycles. The van der Waals surface area contributed by atoms with E-state index in [2.05, 4.69) is 5.32 Å². The Hall–Kier alpha value is -3.16. The highest BCUT2D eigenvalue weighted by molar-refractivity contribution is 5.64. The van der Waals surface area contributed by atoms with Crippen molar-refractivity contribution in [3.05, 3.63) is 52.7 Å². The van der Waals surface area contributed by atoms with Gasteiger partial charge >= 0.3 is 12.3 Å². The number of hydrogen-bond donors (Lipinski definition) is 1. The molecule has 0 aromatic heterocycles. The molecule has 8 nitrogen and oxygen atoms in total. The second kappa shape index (κ2) is 10.9. The van der Waals surface area contributed by atoms with Crippen molar-refractivity contribution >= 4 is 12.3 Å². The van der Waals surface area contributed by atoms with E-state index in [-0.39, 0.29) is 18.1 Å². The molecule has 1 heterocycles. The highest BCUT2D eigenvalue weighted by atomic mass is 16.7. The number of hydrogen-bond acceptors (Lipinski definition) is 8. The highest BCUT2D eigenvalue weighted by Crippen LogP contribution is 2.42. The van der Waals surface area contributed by atoms with E-state index in [0.717, 1.165) is 5.56 Å². The molecule has 0 fully saturated rings. The first-order chi connectivity index (χ1) is 15.0. The molecule has 0 spiro atoms. The first-order valence-corrected chi connectivity index (χ1v) is 10.6. The van der Waals surface area contributed by atoms with Gasteiger partial charge < -0.3 is 29.0 Å². The third-order valence-electron chi connectivity index (χ3n) is 4.85. The van der Waals surface area contributed by atoms with Crippen molar-refractivity contribution in [2.45, 2.75) is 66.6 Å². The number of methoxy groups -OCH3 is 1. The number of dihydropyridines is 1. The zero-order valence-electron chi connectivity index (χ0n) is 20.0. The Labute approximate surface area is 189 Å². The summed E-state index contributed by atoms with van der Waals surface area (Å²) >= 11 is 0. The van der Waals surface area contributed by atoms with Gasteiger partial charge in [0.1, 0.15) is 17.3 Å². The average Bonchev–Trinajstić information content (AvgIpc) is 2.70. The molecule has 176 valence electrons. The summed E-state index contributed by atoms with van der Waals surface area (Å²) in [5, 5.41) is 3.12. The number of benzene rings is 1. The number of carbonyl (C=O) groups excluding carboxylic acids is 2. The van der Waals surface area contributed by atoms with Crippen LogP contribution in [0.5, 0.6) is 5.75 Å². The number of ether oxygens (including phenoxy) is 5. The van der Waals surface area contributed by atoms with Gasteiger partial charge in [0.05, 0.1) is 36.6 Å². The van der Waals surface area contributed by atoms with Crippen LogP contribution in [0.3, 0.4) is 0 Å². The van der Waals surface area contributed by atoms with Gasteiger partial charge in [-0.1, -0.05) is 19.1 Å². The summed E-state index contributed by atoms with van der Waals surface area (Å²) in [5.74, 6) is 0.462. The van der Waals surface area contributed by atoms with Gasteiger partial charge in [-0.2, -0.15) is 0 Å². The molecule has 0 amide bonds. The van der Waals surface area contributed by atoms with Crippen molar-refractivity contribution in [1.29, 1.82) is 0 Å². The number of allylic oxidation sites excluding steroid dienone is 2. The van der Waals surface area contributed by atoms with Crippen LogP contribution in [0, 0.1) is 5.92 Å². The summed E-state index contributed by atoms with van der Waals surface area (Å²) in [5.41, 5.74) is 2.15. The van der Waals surface area contributed by atoms with E-state index >= 15 is 0 Å². The molecule has 0 saturated carbocycles. The molecule has 8 heteroatoms. The summed E-state index contributed by atoms with van der Waals surface area (Å²) in [6.45, 7) is 12.5. The fourth-order valence-electron chi connectivity index (χ4n) is 3.45. The van der Waals surface area contributed by atoms with Crippen molar-refractivity contribution in [2.24, 2.45) is 5.92 Å². The average molecular weight is 448 g/mol. The molecule has 0 radical (unpaired) electrons. The topological polar surface area (TPSA) is 92.3 Å². The van der Waals surface area contributed by atoms with Gasteiger partial charge in [-0.15, -0.1) is 0 Å². The summed E-state index contributed by atoms with van der Waals surface area (Å²) < 4.78 is 27.0. The van der Waals surface area contributed by atoms with Crippen molar-refractivity contribution in [2.75, 3.05) is 7.11 Å². The molecule has 1 aliphatic rings. The Morgan fingerprint density at radius 1 is 0.875 bits per heavy atom. The standard InChI is InChI=1S/C24H33NO7/c1-13(2)29-23(26)31-21-16(6)25-17(7)22(32-24(27)30-14(3)4)20(21)15(5)18-10-9-11-19(12-18)28-8/h9-15,20,25H,1-8H3. The second-order valence-corrected chi connectivity index (χ2v) is 8.18. The van der Waals surface area contributed by atoms with Gasteiger partial charge in [0, 0.05) is 0 Å². The second-order valence-electron chi connectivity index (χ2n) is 8.18. The molecule has 32 heavy (non-hydrogen) atoms. The number of nitrogens with one attached hydrogen (secondary N) is 1. The molecule has 1 atom stereocenters. The zero-order chi connectivity index (χ0) is 24.0. The summed E-state index contributed by atoms with van der Waals surface area (Å²) in [6.07, 6.45) is -2.35. The van der Waals surface area contributed by atoms with Crippen LogP contribution in [0.4, 0.5) is 9.59 Å². The van der Waals surface area contributed by atoms with Crippen LogP contribution in [0.25, 0.3) is 0 Å². The van der Waals surface area contributed by atoms with Gasteiger partial charge in [-0.3, -0.25) is 0 Å². The predicted octanol–water partition coefficient (Wildman–Crippen LogP) is 5.60. The molecule has 0 bridgehead atoms. The lowest BCUT2D eigenvalue weighted by Crippen LogP contribution is -2.33. The van der Waals surface area contributed by atoms with Crippen molar-refractivity contribution in [3.63, 3.8) is 0 Å². The van der Waals surface area contributed by atoms with Gasteiger partial charge in [0.2, 0.25) is 0 Å². The van der Waals surface area contributed by atoms with E-state index in [1.54, 1.807) is 48.7 Å². The minimum Gasteiger partial charge on any atom is -0.497 e. The third kappa shape index (κ3) is 6.42. The van der Waals surface area contributed by atoms with E-state index in [4.69, 9.17) is 23.7 Å². The molecule has 0 aliphatic carbocycles. The maximum atomic E-state index is 12.4. The lowest BCUT2D eigenvalue weighted by Gasteiger charge is -2.33. The van der Waals surface area contributed by atoms with Crippen molar-refractivity contribution in [3.8, 4) is 5.75 Å². The Bertz CT molecular complexity index is 855. The smallest absolute Gasteiger partial charge is 0.497 e. The Kier molecular flexibility index (Phi) is 8.57. The molecule has 2 rings (SSSR count). The Morgan fingerprint density at radius 3 is 1.81 bits per heavy atom. The molecular formula is C24H33NO7. The van der Waals surface area contributed by atoms with Crippen LogP contribution < -0.4 is 10.1 Å². The van der Waals surface area contributed by atoms with Crippen LogP contribution in [0.1, 0.15) is 59.9 Å². The zero-order valence-corrected chi connectivity index (χ0v) is 20.0. The number of carbonyl (C=O) groups is 2. The van der Waals surface area contributed by atoms with Gasteiger partial charge in [-0.05, 0) is 65.2 Å². The van der Waals surface area contributed by atoms with E-state index in [1.807, 2.05) is 31.2 Å². The minimum atomic E-state index is -0.831. The fourth-order valence-corrected chi connectivity index (χ4v) is 3.45. The SMILES string of the molecule is COc1cccc(C(C)C2C(OC(=O)OC(C)C)=C(C)NC(C)=C2OC(=O)OC(C)C)c1. The molecule has 0 saturated heterocycles. The van der Waals surface area contributed by atoms with E-state index in [1.165, 1.54) is 0 Å². The van der Waals surface area contributed by atoms with Crippen LogP contribution in [-0.4, -0.2) is 31.6 Å². The minimum absolute atomic E-state index is 0.249. The third-order valence-corrected chi connectivity index (χ3v) is 4.85. The molecule has 1 aromatic rings. The van der Waals surface area contributed by atoms with Gasteiger partial charge in [-0.25, -0.2) is 9.59 Å². The largest absolute Gasteiger partial charge is 0.513 e. The molecule has 1 unspecified atom stereocenters. The quantitative estimate of drug-likeness (QED) is 0.540. The van der Waals surface area contributed by atoms with Gasteiger partial charge in [0.15, 0.2) is 0 Å². The number of rotatable bonds is 7. The van der Waals surface area contributed by atoms with Crippen molar-refractivity contribution in [1.82, 2.24) is 5.32 Å². The highest BCUT2D eigenvalue weighted by Gasteiger charge is 2.38. The predicted molar refractivity (Wildman–Crippen MR) is 119 cm³/mol. The maximum absolute atomic E-state index is 12.4. The normalized spacial score (nSPS) is 15.4. The molecule has 1 aromatic carbocycles. The van der Waals surface area contributed by atoms with Crippen molar-refractivity contribution < 1.29 is 33.3 Å². The van der Waals surface area contributed by atoms with E-state index in [0.29, 0.717) is 28.7 Å². The molecular weight excluding hydrogens is 414 g/mol. The lowest BCUT2D eigenvalue weighted by atomic mass is 9.82. The van der Waals surface area contributed by atoms with Crippen LogP contribution in [-0.2, 0) is 18.9 Å².